The SMILES string of the molecule is Cc1ccc2[nH]cc(C(=O)C[NH+]3CCCC[C@@H]3C)c2c1. The molecule has 2 aromatic rings. The Morgan fingerprint density at radius 1 is 1.40 bits per heavy atom. The van der Waals surface area contributed by atoms with Crippen molar-refractivity contribution >= 4 is 16.7 Å². The molecule has 1 aliphatic heterocycles. The number of aromatic amines is 1. The minimum Gasteiger partial charge on any atom is -0.360 e. The Bertz CT molecular complexity index is 629. The number of ketones is 1. The second kappa shape index (κ2) is 5.41. The lowest BCUT2D eigenvalue weighted by Gasteiger charge is -2.29. The molecule has 0 spiro atoms. The zero-order valence-corrected chi connectivity index (χ0v) is 12.3. The lowest BCUT2D eigenvalue weighted by molar-refractivity contribution is -0.920. The van der Waals surface area contributed by atoms with Gasteiger partial charge >= 0.3 is 0 Å². The highest BCUT2D eigenvalue weighted by atomic mass is 16.1. The highest BCUT2D eigenvalue weighted by Crippen LogP contribution is 2.19. The number of Topliss-reactive ketones (excluding diaryl/α,β-unsaturated/α-hetero) is 1. The van der Waals surface area contributed by atoms with Crippen molar-refractivity contribution in [1.29, 1.82) is 0 Å². The average molecular weight is 271 g/mol. The molecule has 1 saturated heterocycles. The van der Waals surface area contributed by atoms with E-state index >= 15 is 0 Å². The fourth-order valence-corrected chi connectivity index (χ4v) is 3.28. The van der Waals surface area contributed by atoms with E-state index in [2.05, 4.69) is 37.0 Å². The molecule has 20 heavy (non-hydrogen) atoms. The number of carbonyl (C=O) groups is 1. The molecular weight excluding hydrogens is 248 g/mol. The van der Waals surface area contributed by atoms with Gasteiger partial charge in [0.15, 0.2) is 0 Å². The highest BCUT2D eigenvalue weighted by Gasteiger charge is 2.25. The molecule has 1 aromatic heterocycles. The van der Waals surface area contributed by atoms with Crippen molar-refractivity contribution in [2.75, 3.05) is 13.1 Å². The third-order valence-electron chi connectivity index (χ3n) is 4.61. The smallest absolute Gasteiger partial charge is 0.219 e. The number of fused-ring (bicyclic) bond motifs is 1. The second-order valence-corrected chi connectivity index (χ2v) is 6.16. The van der Waals surface area contributed by atoms with Crippen LogP contribution in [0, 0.1) is 6.92 Å². The summed E-state index contributed by atoms with van der Waals surface area (Å²) in [6, 6.07) is 6.84. The number of benzene rings is 1. The minimum atomic E-state index is 0.269. The van der Waals surface area contributed by atoms with Crippen molar-refractivity contribution < 1.29 is 9.69 Å². The van der Waals surface area contributed by atoms with E-state index in [1.165, 1.54) is 29.7 Å². The summed E-state index contributed by atoms with van der Waals surface area (Å²) in [7, 11) is 0. The molecule has 1 fully saturated rings. The first-order chi connectivity index (χ1) is 9.65. The van der Waals surface area contributed by atoms with Crippen LogP contribution in [0.5, 0.6) is 0 Å². The Kier molecular flexibility index (Phi) is 3.62. The maximum absolute atomic E-state index is 12.6. The molecule has 2 N–H and O–H groups in total. The Labute approximate surface area is 120 Å². The van der Waals surface area contributed by atoms with Gasteiger partial charge in [-0.3, -0.25) is 4.79 Å². The average Bonchev–Trinajstić information content (AvgIpc) is 2.84. The Hall–Kier alpha value is -1.61. The van der Waals surface area contributed by atoms with Crippen LogP contribution in [0.15, 0.2) is 24.4 Å². The maximum atomic E-state index is 12.6. The van der Waals surface area contributed by atoms with E-state index in [-0.39, 0.29) is 5.78 Å². The molecule has 3 rings (SSSR count). The number of piperidine rings is 1. The summed E-state index contributed by atoms with van der Waals surface area (Å²) in [6.07, 6.45) is 5.68. The van der Waals surface area contributed by atoms with Gasteiger partial charge < -0.3 is 9.88 Å². The summed E-state index contributed by atoms with van der Waals surface area (Å²) < 4.78 is 0. The molecule has 2 atom stereocenters. The summed E-state index contributed by atoms with van der Waals surface area (Å²) in [5.74, 6) is 0.269. The lowest BCUT2D eigenvalue weighted by atomic mass is 10.0. The highest BCUT2D eigenvalue weighted by molar-refractivity contribution is 6.08. The molecule has 3 heteroatoms. The molecule has 0 bridgehead atoms. The van der Waals surface area contributed by atoms with Gasteiger partial charge in [0.05, 0.1) is 12.6 Å². The largest absolute Gasteiger partial charge is 0.360 e. The van der Waals surface area contributed by atoms with Gasteiger partial charge in [0.2, 0.25) is 5.78 Å². The van der Waals surface area contributed by atoms with Gasteiger partial charge in [-0.25, -0.2) is 0 Å². The molecule has 1 aliphatic rings. The van der Waals surface area contributed by atoms with E-state index in [0.29, 0.717) is 12.6 Å². The summed E-state index contributed by atoms with van der Waals surface area (Å²) in [4.78, 5) is 17.3. The molecule has 0 aliphatic carbocycles. The molecule has 0 amide bonds. The van der Waals surface area contributed by atoms with Crippen LogP contribution in [0.25, 0.3) is 10.9 Å². The van der Waals surface area contributed by atoms with Crippen molar-refractivity contribution in [3.8, 4) is 0 Å². The Morgan fingerprint density at radius 2 is 2.25 bits per heavy atom. The van der Waals surface area contributed by atoms with Crippen LogP contribution in [0.2, 0.25) is 0 Å². The minimum absolute atomic E-state index is 0.269. The lowest BCUT2D eigenvalue weighted by Crippen LogP contribution is -3.16. The number of quaternary nitrogens is 1. The number of carbonyl (C=O) groups excluding carboxylic acids is 1. The number of aryl methyl sites for hydroxylation is 1. The van der Waals surface area contributed by atoms with Crippen LogP contribution < -0.4 is 4.90 Å². The van der Waals surface area contributed by atoms with Crippen LogP contribution in [-0.4, -0.2) is 29.9 Å². The van der Waals surface area contributed by atoms with Gasteiger partial charge in [-0.15, -0.1) is 0 Å². The first kappa shape index (κ1) is 13.4. The summed E-state index contributed by atoms with van der Waals surface area (Å²) in [5, 5.41) is 1.07. The molecule has 106 valence electrons. The predicted molar refractivity (Wildman–Crippen MR) is 81.4 cm³/mol. The predicted octanol–water partition coefficient (Wildman–Crippen LogP) is 2.12. The third-order valence-corrected chi connectivity index (χ3v) is 4.61. The monoisotopic (exact) mass is 271 g/mol. The van der Waals surface area contributed by atoms with E-state index in [4.69, 9.17) is 0 Å². The van der Waals surface area contributed by atoms with E-state index in [9.17, 15) is 4.79 Å². The molecule has 2 heterocycles. The number of aromatic nitrogens is 1. The quantitative estimate of drug-likeness (QED) is 0.824. The summed E-state index contributed by atoms with van der Waals surface area (Å²) >= 11 is 0. The van der Waals surface area contributed by atoms with Crippen LogP contribution in [0.3, 0.4) is 0 Å². The van der Waals surface area contributed by atoms with E-state index < -0.39 is 0 Å². The number of likely N-dealkylation sites (tertiary alicyclic amines) is 1. The number of rotatable bonds is 3. The number of hydrogen-bond donors (Lipinski definition) is 2. The molecule has 1 aromatic carbocycles. The topological polar surface area (TPSA) is 37.3 Å². The molecule has 3 nitrogen and oxygen atoms in total. The van der Waals surface area contributed by atoms with Crippen molar-refractivity contribution in [2.45, 2.75) is 39.2 Å². The normalized spacial score (nSPS) is 23.1. The Morgan fingerprint density at radius 3 is 3.05 bits per heavy atom. The van der Waals surface area contributed by atoms with E-state index in [0.717, 1.165) is 23.0 Å². The molecule has 0 saturated carbocycles. The van der Waals surface area contributed by atoms with Gasteiger partial charge in [-0.2, -0.15) is 0 Å². The van der Waals surface area contributed by atoms with Crippen molar-refractivity contribution in [2.24, 2.45) is 0 Å². The van der Waals surface area contributed by atoms with Gasteiger partial charge in [-0.05, 0) is 45.2 Å². The van der Waals surface area contributed by atoms with Crippen molar-refractivity contribution in [3.63, 3.8) is 0 Å². The number of hydrogen-bond acceptors (Lipinski definition) is 1. The van der Waals surface area contributed by atoms with Gasteiger partial charge in [0.25, 0.3) is 0 Å². The first-order valence-corrected chi connectivity index (χ1v) is 7.60. The number of H-pyrrole nitrogens is 1. The van der Waals surface area contributed by atoms with Crippen LogP contribution in [-0.2, 0) is 0 Å². The fourth-order valence-electron chi connectivity index (χ4n) is 3.28. The van der Waals surface area contributed by atoms with Gasteiger partial charge in [0.1, 0.15) is 6.54 Å². The zero-order chi connectivity index (χ0) is 14.1. The standard InChI is InChI=1S/C17H22N2O/c1-12-6-7-16-14(9-12)15(10-18-16)17(20)11-19-8-4-3-5-13(19)2/h6-7,9-10,13,18H,3-5,8,11H2,1-2H3/p+1/t13-/m0/s1. The first-order valence-electron chi connectivity index (χ1n) is 7.60. The van der Waals surface area contributed by atoms with E-state index in [1.807, 2.05) is 6.20 Å². The van der Waals surface area contributed by atoms with Gasteiger partial charge in [-0.1, -0.05) is 11.6 Å². The summed E-state index contributed by atoms with van der Waals surface area (Å²) in [6.45, 7) is 6.09. The summed E-state index contributed by atoms with van der Waals surface area (Å²) in [5.41, 5.74) is 3.11. The number of nitrogens with one attached hydrogen (secondary N) is 2. The molecule has 1 unspecified atom stereocenters. The zero-order valence-electron chi connectivity index (χ0n) is 12.3. The van der Waals surface area contributed by atoms with Crippen LogP contribution in [0.1, 0.15) is 42.1 Å². The van der Waals surface area contributed by atoms with Crippen LogP contribution >= 0.6 is 0 Å². The molecular formula is C17H23N2O+. The van der Waals surface area contributed by atoms with Gasteiger partial charge in [0, 0.05) is 22.7 Å². The fraction of sp³-hybridized carbons (Fsp3) is 0.471. The van der Waals surface area contributed by atoms with Crippen molar-refractivity contribution in [3.05, 3.63) is 35.5 Å². The molecule has 0 radical (unpaired) electrons. The van der Waals surface area contributed by atoms with Crippen LogP contribution in [0.4, 0.5) is 0 Å². The Balaban J connectivity index is 1.83. The van der Waals surface area contributed by atoms with Crippen molar-refractivity contribution in [1.82, 2.24) is 4.98 Å². The third kappa shape index (κ3) is 2.50. The van der Waals surface area contributed by atoms with E-state index in [1.54, 1.807) is 0 Å². The second-order valence-electron chi connectivity index (χ2n) is 6.16. The maximum Gasteiger partial charge on any atom is 0.219 e.